The smallest absolute Gasteiger partial charge is 0.141 e. The van der Waals surface area contributed by atoms with Crippen molar-refractivity contribution in [2.75, 3.05) is 45.9 Å². The van der Waals surface area contributed by atoms with Crippen LogP contribution >= 0.6 is 0 Å². The number of β-amino-alcohol motifs (C(OH)–C–C–N with tert-alkyl or cyclic N) is 1. The fourth-order valence-electron chi connectivity index (χ4n) is 2.73. The maximum Gasteiger partial charge on any atom is 0.141 e. The number of hydrogen-bond acceptors (Lipinski definition) is 5. The molecule has 0 spiro atoms. The summed E-state index contributed by atoms with van der Waals surface area (Å²) in [7, 11) is 0. The summed E-state index contributed by atoms with van der Waals surface area (Å²) in [5.41, 5.74) is 6.96. The Kier molecular flexibility index (Phi) is 6.05. The lowest BCUT2D eigenvalue weighted by atomic mass is 9.98. The minimum Gasteiger partial charge on any atom is -0.395 e. The van der Waals surface area contributed by atoms with Crippen LogP contribution in [-0.4, -0.2) is 65.8 Å². The predicted octanol–water partition coefficient (Wildman–Crippen LogP) is 0.467. The van der Waals surface area contributed by atoms with Crippen LogP contribution in [0.3, 0.4) is 0 Å². The lowest BCUT2D eigenvalue weighted by Gasteiger charge is -2.36. The van der Waals surface area contributed by atoms with Crippen molar-refractivity contribution in [2.45, 2.75) is 13.0 Å². The summed E-state index contributed by atoms with van der Waals surface area (Å²) in [6, 6.07) is 2.89. The minimum absolute atomic E-state index is 0.180. The average molecular weight is 296 g/mol. The second-order valence-corrected chi connectivity index (χ2v) is 5.77. The molecule has 118 valence electrons. The van der Waals surface area contributed by atoms with E-state index in [9.17, 15) is 4.39 Å². The molecule has 0 saturated carbocycles. The third-order valence-corrected chi connectivity index (χ3v) is 4.13. The second-order valence-electron chi connectivity index (χ2n) is 5.77. The van der Waals surface area contributed by atoms with Gasteiger partial charge in [-0.1, -0.05) is 6.92 Å². The number of piperazine rings is 1. The highest BCUT2D eigenvalue weighted by Gasteiger charge is 2.22. The van der Waals surface area contributed by atoms with Gasteiger partial charge in [0.1, 0.15) is 5.82 Å². The van der Waals surface area contributed by atoms with E-state index in [1.807, 2.05) is 0 Å². The highest BCUT2D eigenvalue weighted by Crippen LogP contribution is 2.19. The number of hydrogen-bond donors (Lipinski definition) is 2. The number of rotatable bonds is 6. The first-order valence-electron chi connectivity index (χ1n) is 7.52. The van der Waals surface area contributed by atoms with Crippen molar-refractivity contribution in [2.24, 2.45) is 11.7 Å². The Morgan fingerprint density at radius 1 is 1.29 bits per heavy atom. The van der Waals surface area contributed by atoms with Crippen molar-refractivity contribution in [3.05, 3.63) is 29.8 Å². The van der Waals surface area contributed by atoms with E-state index in [0.717, 1.165) is 45.0 Å². The number of aromatic nitrogens is 1. The molecule has 2 heterocycles. The van der Waals surface area contributed by atoms with E-state index in [0.29, 0.717) is 0 Å². The van der Waals surface area contributed by atoms with Gasteiger partial charge in [0.15, 0.2) is 0 Å². The normalized spacial score (nSPS) is 20.4. The zero-order valence-electron chi connectivity index (χ0n) is 12.6. The van der Waals surface area contributed by atoms with Crippen molar-refractivity contribution in [3.8, 4) is 0 Å². The molecule has 2 atom stereocenters. The van der Waals surface area contributed by atoms with E-state index < -0.39 is 0 Å². The van der Waals surface area contributed by atoms with Gasteiger partial charge in [-0.3, -0.25) is 9.88 Å². The molecular weight excluding hydrogens is 271 g/mol. The predicted molar refractivity (Wildman–Crippen MR) is 80.3 cm³/mol. The molecule has 1 fully saturated rings. The molecule has 6 heteroatoms. The topological polar surface area (TPSA) is 65.6 Å². The SMILES string of the molecule is CC(CN1CCN(CCO)CC1)C(N)c1ccc(F)cn1. The zero-order chi connectivity index (χ0) is 15.2. The monoisotopic (exact) mass is 296 g/mol. The second kappa shape index (κ2) is 7.79. The summed E-state index contributed by atoms with van der Waals surface area (Å²) < 4.78 is 12.9. The summed E-state index contributed by atoms with van der Waals surface area (Å²) in [5, 5.41) is 8.94. The summed E-state index contributed by atoms with van der Waals surface area (Å²) in [6.07, 6.45) is 1.22. The summed E-state index contributed by atoms with van der Waals surface area (Å²) in [4.78, 5) is 8.73. The zero-order valence-corrected chi connectivity index (χ0v) is 12.6. The van der Waals surface area contributed by atoms with E-state index in [2.05, 4.69) is 21.7 Å². The molecule has 2 rings (SSSR count). The molecule has 0 bridgehead atoms. The van der Waals surface area contributed by atoms with E-state index in [1.165, 1.54) is 12.3 Å². The number of aliphatic hydroxyl groups excluding tert-OH is 1. The fraction of sp³-hybridized carbons (Fsp3) is 0.667. The van der Waals surface area contributed by atoms with Gasteiger partial charge in [0.05, 0.1) is 24.5 Å². The van der Waals surface area contributed by atoms with Gasteiger partial charge in [0, 0.05) is 39.3 Å². The molecule has 21 heavy (non-hydrogen) atoms. The van der Waals surface area contributed by atoms with E-state index in [-0.39, 0.29) is 24.4 Å². The van der Waals surface area contributed by atoms with Crippen LogP contribution in [0.4, 0.5) is 4.39 Å². The van der Waals surface area contributed by atoms with Gasteiger partial charge in [-0.05, 0) is 18.1 Å². The Hall–Kier alpha value is -1.08. The van der Waals surface area contributed by atoms with Gasteiger partial charge in [-0.25, -0.2) is 4.39 Å². The Morgan fingerprint density at radius 2 is 1.95 bits per heavy atom. The van der Waals surface area contributed by atoms with Crippen LogP contribution in [0.2, 0.25) is 0 Å². The number of aliphatic hydroxyl groups is 1. The maximum absolute atomic E-state index is 12.9. The molecule has 1 aromatic heterocycles. The lowest BCUT2D eigenvalue weighted by molar-refractivity contribution is 0.0999. The molecule has 2 unspecified atom stereocenters. The van der Waals surface area contributed by atoms with Crippen LogP contribution in [-0.2, 0) is 0 Å². The molecular formula is C15H25FN4O. The molecule has 1 aliphatic heterocycles. The minimum atomic E-state index is -0.335. The molecule has 0 amide bonds. The third kappa shape index (κ3) is 4.71. The highest BCUT2D eigenvalue weighted by molar-refractivity contribution is 5.10. The lowest BCUT2D eigenvalue weighted by Crippen LogP contribution is -2.48. The van der Waals surface area contributed by atoms with Crippen molar-refractivity contribution in [3.63, 3.8) is 0 Å². The molecule has 0 aliphatic carbocycles. The summed E-state index contributed by atoms with van der Waals surface area (Å²) >= 11 is 0. The first kappa shape index (κ1) is 16.3. The Balaban J connectivity index is 1.81. The average Bonchev–Trinajstić information content (AvgIpc) is 2.49. The number of pyridine rings is 1. The van der Waals surface area contributed by atoms with Gasteiger partial charge in [0.25, 0.3) is 0 Å². The molecule has 0 radical (unpaired) electrons. The van der Waals surface area contributed by atoms with Crippen LogP contribution in [0.1, 0.15) is 18.7 Å². The number of halogens is 1. The maximum atomic E-state index is 12.9. The first-order valence-corrected chi connectivity index (χ1v) is 7.52. The molecule has 5 nitrogen and oxygen atoms in total. The molecule has 0 aromatic carbocycles. The van der Waals surface area contributed by atoms with Gasteiger partial charge in [-0.2, -0.15) is 0 Å². The molecule has 3 N–H and O–H groups in total. The van der Waals surface area contributed by atoms with Crippen LogP contribution < -0.4 is 5.73 Å². The van der Waals surface area contributed by atoms with Crippen molar-refractivity contribution in [1.29, 1.82) is 0 Å². The quantitative estimate of drug-likeness (QED) is 0.799. The number of nitrogens with zero attached hydrogens (tertiary/aromatic N) is 3. The van der Waals surface area contributed by atoms with E-state index >= 15 is 0 Å². The van der Waals surface area contributed by atoms with E-state index in [4.69, 9.17) is 10.8 Å². The van der Waals surface area contributed by atoms with Crippen molar-refractivity contribution in [1.82, 2.24) is 14.8 Å². The van der Waals surface area contributed by atoms with Gasteiger partial charge in [0.2, 0.25) is 0 Å². The summed E-state index contributed by atoms with van der Waals surface area (Å²) in [6.45, 7) is 7.94. The first-order chi connectivity index (χ1) is 10.1. The van der Waals surface area contributed by atoms with E-state index in [1.54, 1.807) is 6.07 Å². The number of nitrogens with two attached hydrogens (primary N) is 1. The largest absolute Gasteiger partial charge is 0.395 e. The molecule has 1 aliphatic rings. The third-order valence-electron chi connectivity index (χ3n) is 4.13. The van der Waals surface area contributed by atoms with Crippen LogP contribution in [0.15, 0.2) is 18.3 Å². The van der Waals surface area contributed by atoms with Gasteiger partial charge < -0.3 is 15.7 Å². The highest BCUT2D eigenvalue weighted by atomic mass is 19.1. The van der Waals surface area contributed by atoms with Crippen LogP contribution in [0.25, 0.3) is 0 Å². The van der Waals surface area contributed by atoms with Gasteiger partial charge in [-0.15, -0.1) is 0 Å². The standard InChI is InChI=1S/C15H25FN4O/c1-12(15(17)14-3-2-13(16)10-18-14)11-20-6-4-19(5-7-20)8-9-21/h2-3,10,12,15,21H,4-9,11,17H2,1H3. The van der Waals surface area contributed by atoms with Gasteiger partial charge >= 0.3 is 0 Å². The van der Waals surface area contributed by atoms with Crippen molar-refractivity contribution < 1.29 is 9.50 Å². The van der Waals surface area contributed by atoms with Crippen LogP contribution in [0, 0.1) is 11.7 Å². The summed E-state index contributed by atoms with van der Waals surface area (Å²) in [5.74, 6) is -0.0778. The Bertz CT molecular complexity index is 420. The Morgan fingerprint density at radius 3 is 2.52 bits per heavy atom. The fourth-order valence-corrected chi connectivity index (χ4v) is 2.73. The molecule has 1 aromatic rings. The Labute approximate surface area is 125 Å². The van der Waals surface area contributed by atoms with Crippen molar-refractivity contribution >= 4 is 0 Å². The van der Waals surface area contributed by atoms with Crippen LogP contribution in [0.5, 0.6) is 0 Å². The molecule has 1 saturated heterocycles.